The molecule has 4 aromatic rings. The van der Waals surface area contributed by atoms with Crippen molar-refractivity contribution >= 4 is 33.3 Å². The van der Waals surface area contributed by atoms with Gasteiger partial charge in [-0.15, -0.1) is 11.3 Å². The van der Waals surface area contributed by atoms with E-state index in [0.717, 1.165) is 39.5 Å². The minimum absolute atomic E-state index is 0.0598. The molecule has 1 aliphatic carbocycles. The number of H-pyrrole nitrogens is 1. The summed E-state index contributed by atoms with van der Waals surface area (Å²) in [4.78, 5) is 23.9. The molecule has 0 aliphatic heterocycles. The number of rotatable bonds is 3. The van der Waals surface area contributed by atoms with Crippen molar-refractivity contribution in [3.8, 4) is 11.6 Å². The molecule has 6 heteroatoms. The minimum Gasteiger partial charge on any atom is -0.446 e. The molecule has 5 rings (SSSR count). The van der Waals surface area contributed by atoms with E-state index in [0.29, 0.717) is 17.5 Å². The fourth-order valence-electron chi connectivity index (χ4n) is 4.15. The van der Waals surface area contributed by atoms with Crippen LogP contribution in [0.2, 0.25) is 0 Å². The van der Waals surface area contributed by atoms with Gasteiger partial charge in [-0.1, -0.05) is 50.7 Å². The van der Waals surface area contributed by atoms with Crippen LogP contribution in [0.4, 0.5) is 0 Å². The largest absolute Gasteiger partial charge is 0.446 e. The average molecular weight is 437 g/mol. The van der Waals surface area contributed by atoms with E-state index in [1.807, 2.05) is 42.5 Å². The van der Waals surface area contributed by atoms with E-state index in [1.54, 1.807) is 23.1 Å². The second-order valence-electron chi connectivity index (χ2n) is 8.94. The Kier molecular flexibility index (Phi) is 4.86. The molecule has 0 saturated carbocycles. The Morgan fingerprint density at radius 2 is 1.97 bits per heavy atom. The van der Waals surface area contributed by atoms with Crippen LogP contribution in [0, 0.1) is 11.3 Å². The SMILES string of the molecule is CC(C)(C)C1CCc2c(sc3nc(-c4ccc(Sc5ccccc5)o4)[nH]c(=O)c23)C1. The Morgan fingerprint density at radius 3 is 2.73 bits per heavy atom. The van der Waals surface area contributed by atoms with Crippen molar-refractivity contribution in [2.75, 3.05) is 0 Å². The van der Waals surface area contributed by atoms with Gasteiger partial charge in [0, 0.05) is 9.77 Å². The quantitative estimate of drug-likeness (QED) is 0.396. The van der Waals surface area contributed by atoms with Gasteiger partial charge >= 0.3 is 0 Å². The number of furan rings is 1. The van der Waals surface area contributed by atoms with E-state index in [4.69, 9.17) is 9.40 Å². The smallest absolute Gasteiger partial charge is 0.260 e. The van der Waals surface area contributed by atoms with Gasteiger partial charge in [-0.2, -0.15) is 0 Å². The molecule has 0 fully saturated rings. The molecular weight excluding hydrogens is 412 g/mol. The highest BCUT2D eigenvalue weighted by molar-refractivity contribution is 7.99. The Morgan fingerprint density at radius 1 is 1.17 bits per heavy atom. The number of fused-ring (bicyclic) bond motifs is 3. The van der Waals surface area contributed by atoms with Gasteiger partial charge < -0.3 is 9.40 Å². The molecule has 1 unspecified atom stereocenters. The van der Waals surface area contributed by atoms with Gasteiger partial charge in [0.25, 0.3) is 5.56 Å². The van der Waals surface area contributed by atoms with Crippen molar-refractivity contribution in [2.24, 2.45) is 11.3 Å². The van der Waals surface area contributed by atoms with Gasteiger partial charge in [0.1, 0.15) is 4.83 Å². The molecule has 0 bridgehead atoms. The summed E-state index contributed by atoms with van der Waals surface area (Å²) < 4.78 is 5.98. The molecule has 154 valence electrons. The molecule has 0 amide bonds. The van der Waals surface area contributed by atoms with Crippen LogP contribution < -0.4 is 5.56 Å². The molecule has 0 radical (unpaired) electrons. The summed E-state index contributed by atoms with van der Waals surface area (Å²) >= 11 is 3.23. The second-order valence-corrected chi connectivity index (χ2v) is 11.1. The number of hydrogen-bond donors (Lipinski definition) is 1. The minimum atomic E-state index is -0.0598. The maximum absolute atomic E-state index is 12.9. The first-order valence-corrected chi connectivity index (χ1v) is 11.9. The van der Waals surface area contributed by atoms with E-state index >= 15 is 0 Å². The number of aryl methyl sites for hydroxylation is 1. The van der Waals surface area contributed by atoms with Crippen molar-refractivity contribution in [1.29, 1.82) is 0 Å². The number of hydrogen-bond acceptors (Lipinski definition) is 5. The van der Waals surface area contributed by atoms with Crippen LogP contribution in [-0.4, -0.2) is 9.97 Å². The summed E-state index contributed by atoms with van der Waals surface area (Å²) in [5, 5.41) is 1.55. The Balaban J connectivity index is 1.48. The fraction of sp³-hybridized carbons (Fsp3) is 0.333. The highest BCUT2D eigenvalue weighted by Gasteiger charge is 2.31. The van der Waals surface area contributed by atoms with E-state index in [9.17, 15) is 4.79 Å². The highest BCUT2D eigenvalue weighted by Crippen LogP contribution is 2.42. The van der Waals surface area contributed by atoms with Gasteiger partial charge in [0.15, 0.2) is 16.7 Å². The summed E-state index contributed by atoms with van der Waals surface area (Å²) in [6.07, 6.45) is 3.12. The molecule has 1 N–H and O–H groups in total. The molecule has 1 aliphatic rings. The van der Waals surface area contributed by atoms with Crippen LogP contribution in [0.3, 0.4) is 0 Å². The first kappa shape index (κ1) is 19.6. The topological polar surface area (TPSA) is 58.9 Å². The van der Waals surface area contributed by atoms with Crippen LogP contribution >= 0.6 is 23.1 Å². The third-order valence-corrected chi connectivity index (χ3v) is 8.00. The third-order valence-electron chi connectivity index (χ3n) is 5.92. The lowest BCUT2D eigenvalue weighted by Gasteiger charge is -2.33. The summed E-state index contributed by atoms with van der Waals surface area (Å²) in [6, 6.07) is 13.9. The van der Waals surface area contributed by atoms with Crippen molar-refractivity contribution in [2.45, 2.75) is 50.0 Å². The number of aromatic amines is 1. The average Bonchev–Trinajstić information content (AvgIpc) is 3.31. The van der Waals surface area contributed by atoms with Gasteiger partial charge in [-0.25, -0.2) is 4.98 Å². The number of benzene rings is 1. The first-order chi connectivity index (χ1) is 14.4. The fourth-order valence-corrected chi connectivity index (χ4v) is 6.24. The third kappa shape index (κ3) is 3.63. The van der Waals surface area contributed by atoms with Crippen molar-refractivity contribution < 1.29 is 4.42 Å². The maximum atomic E-state index is 12.9. The highest BCUT2D eigenvalue weighted by atomic mass is 32.2. The second kappa shape index (κ2) is 7.43. The van der Waals surface area contributed by atoms with Gasteiger partial charge in [-0.3, -0.25) is 4.79 Å². The van der Waals surface area contributed by atoms with Crippen LogP contribution in [0.15, 0.2) is 61.7 Å². The monoisotopic (exact) mass is 436 g/mol. The summed E-state index contributed by atoms with van der Waals surface area (Å²) in [7, 11) is 0. The standard InChI is InChI=1S/C24H24N2O2S2/c1-24(2,3)14-9-10-16-18(13-14)30-23-20(16)22(27)25-21(26-23)17-11-12-19(28-17)29-15-7-5-4-6-8-15/h4-8,11-12,14H,9-10,13H2,1-3H3,(H,25,26,27). The molecule has 3 heterocycles. The van der Waals surface area contributed by atoms with Crippen molar-refractivity contribution in [3.05, 3.63) is 63.3 Å². The zero-order valence-electron chi connectivity index (χ0n) is 17.3. The Bertz CT molecular complexity index is 1260. The summed E-state index contributed by atoms with van der Waals surface area (Å²) in [5.74, 6) is 1.73. The lowest BCUT2D eigenvalue weighted by Crippen LogP contribution is -2.26. The van der Waals surface area contributed by atoms with E-state index in [1.165, 1.54) is 10.4 Å². The Hall–Kier alpha value is -2.31. The molecular formula is C24H24N2O2S2. The van der Waals surface area contributed by atoms with Crippen LogP contribution in [0.1, 0.15) is 37.6 Å². The summed E-state index contributed by atoms with van der Waals surface area (Å²) in [6.45, 7) is 6.92. The van der Waals surface area contributed by atoms with Gasteiger partial charge in [0.2, 0.25) is 0 Å². The molecule has 1 aromatic carbocycles. The number of thiophene rings is 1. The maximum Gasteiger partial charge on any atom is 0.260 e. The number of aromatic nitrogens is 2. The predicted molar refractivity (Wildman–Crippen MR) is 123 cm³/mol. The lowest BCUT2D eigenvalue weighted by atomic mass is 9.72. The van der Waals surface area contributed by atoms with Gasteiger partial charge in [0.05, 0.1) is 5.39 Å². The number of nitrogens with one attached hydrogen (secondary N) is 1. The molecule has 0 saturated heterocycles. The zero-order chi connectivity index (χ0) is 20.9. The first-order valence-electron chi connectivity index (χ1n) is 10.3. The summed E-state index contributed by atoms with van der Waals surface area (Å²) in [5.41, 5.74) is 1.42. The van der Waals surface area contributed by atoms with Crippen LogP contribution in [0.5, 0.6) is 0 Å². The van der Waals surface area contributed by atoms with Crippen LogP contribution in [-0.2, 0) is 12.8 Å². The molecule has 3 aromatic heterocycles. The zero-order valence-corrected chi connectivity index (χ0v) is 19.0. The lowest BCUT2D eigenvalue weighted by molar-refractivity contribution is 0.218. The van der Waals surface area contributed by atoms with E-state index in [-0.39, 0.29) is 11.0 Å². The van der Waals surface area contributed by atoms with Crippen molar-refractivity contribution in [1.82, 2.24) is 9.97 Å². The van der Waals surface area contributed by atoms with Gasteiger partial charge in [-0.05, 0) is 60.4 Å². The molecule has 4 nitrogen and oxygen atoms in total. The van der Waals surface area contributed by atoms with E-state index in [2.05, 4.69) is 25.8 Å². The van der Waals surface area contributed by atoms with Crippen molar-refractivity contribution in [3.63, 3.8) is 0 Å². The van der Waals surface area contributed by atoms with E-state index < -0.39 is 0 Å². The molecule has 0 spiro atoms. The molecule has 1 atom stereocenters. The Labute approximate surface area is 183 Å². The molecule has 30 heavy (non-hydrogen) atoms. The predicted octanol–water partition coefficient (Wildman–Crippen LogP) is 6.55. The number of nitrogens with zero attached hydrogens (tertiary/aromatic N) is 1. The van der Waals surface area contributed by atoms with Crippen LogP contribution in [0.25, 0.3) is 21.8 Å². The normalized spacial score (nSPS) is 16.7.